The number of hydrogen-bond acceptors (Lipinski definition) is 7. The predicted octanol–water partition coefficient (Wildman–Crippen LogP) is -3.55. The minimum atomic E-state index is -7.61. The van der Waals surface area contributed by atoms with Gasteiger partial charge in [0.2, 0.25) is 0 Å². The van der Waals surface area contributed by atoms with Gasteiger partial charge in [-0.1, -0.05) is 0 Å². The van der Waals surface area contributed by atoms with Crippen molar-refractivity contribution in [2.75, 3.05) is 0 Å². The molecule has 18 heteroatoms. The maximum atomic E-state index is 11.9. The van der Waals surface area contributed by atoms with Crippen LogP contribution >= 0.6 is 0 Å². The van der Waals surface area contributed by atoms with Crippen LogP contribution in [-0.2, 0) is 30.4 Å². The van der Waals surface area contributed by atoms with E-state index in [1.54, 1.807) is 0 Å². The first-order valence-corrected chi connectivity index (χ1v) is 7.50. The van der Waals surface area contributed by atoms with Crippen LogP contribution in [0.15, 0.2) is 0 Å². The van der Waals surface area contributed by atoms with Crippen LogP contribution < -0.4 is 18.9 Å². The van der Waals surface area contributed by atoms with Gasteiger partial charge in [0.1, 0.15) is 0 Å². The molecule has 0 radical (unpaired) electrons. The summed E-state index contributed by atoms with van der Waals surface area (Å²) in [7, 11) is -22.4. The Morgan fingerprint density at radius 2 is 0.900 bits per heavy atom. The summed E-state index contributed by atoms with van der Waals surface area (Å²) in [5, 5.41) is 0. The molecule has 0 aliphatic carbocycles. The van der Waals surface area contributed by atoms with Crippen molar-refractivity contribution in [2.45, 2.75) is 11.0 Å². The van der Waals surface area contributed by atoms with E-state index in [1.807, 2.05) is 0 Å². The molecule has 0 unspecified atom stereocenters. The topological polar surface area (TPSA) is 129 Å². The van der Waals surface area contributed by atoms with E-state index in [4.69, 9.17) is 0 Å². The van der Waals surface area contributed by atoms with E-state index in [-0.39, 0.29) is 18.9 Å². The van der Waals surface area contributed by atoms with Gasteiger partial charge < -0.3 is 4.55 Å². The molecule has 0 aromatic heterocycles. The van der Waals surface area contributed by atoms with Crippen LogP contribution in [0.1, 0.15) is 0 Å². The fourth-order valence-corrected chi connectivity index (χ4v) is 4.85. The van der Waals surface area contributed by atoms with Gasteiger partial charge in [-0.2, -0.15) is 26.3 Å². The minimum absolute atomic E-state index is 0. The quantitative estimate of drug-likeness (QED) is 0.287. The first-order chi connectivity index (χ1) is 7.87. The Balaban J connectivity index is 0. The van der Waals surface area contributed by atoms with E-state index in [9.17, 15) is 56.1 Å². The SMILES string of the molecule is O=S(=O)([O-])N(S(=O)(=O)C(F)(F)F)S(=O)(=O)C(F)(F)F.[Li+]. The fraction of sp³-hybridized carbons (Fsp3) is 1.00. The molecule has 20 heavy (non-hydrogen) atoms. The Hall–Kier alpha value is -0.0526. The molecule has 0 spiro atoms. The van der Waals surface area contributed by atoms with Crippen molar-refractivity contribution in [2.24, 2.45) is 0 Å². The Labute approximate surface area is 119 Å². The number of halogens is 6. The van der Waals surface area contributed by atoms with Crippen LogP contribution in [0.5, 0.6) is 0 Å². The molecule has 0 heterocycles. The van der Waals surface area contributed by atoms with Crippen molar-refractivity contribution in [3.63, 3.8) is 0 Å². The monoisotopic (exact) mass is 367 g/mol. The van der Waals surface area contributed by atoms with Gasteiger partial charge in [0.15, 0.2) is 10.3 Å². The average Bonchev–Trinajstić information content (AvgIpc) is 1.93. The van der Waals surface area contributed by atoms with Gasteiger partial charge in [-0.15, -0.1) is 0 Å². The summed E-state index contributed by atoms with van der Waals surface area (Å²) < 4.78 is 140. The molecule has 0 aliphatic rings. The summed E-state index contributed by atoms with van der Waals surface area (Å²) in [5.74, 6) is 0. The van der Waals surface area contributed by atoms with Gasteiger partial charge in [0.25, 0.3) is 0 Å². The molecule has 0 bridgehead atoms. The van der Waals surface area contributed by atoms with Crippen LogP contribution in [0.4, 0.5) is 26.3 Å². The Morgan fingerprint density at radius 3 is 1.00 bits per heavy atom. The Bertz CT molecular complexity index is 612. The van der Waals surface area contributed by atoms with Gasteiger partial charge in [0.05, 0.1) is 0 Å². The molecule has 0 aromatic rings. The average molecular weight is 367 g/mol. The molecule has 0 N–H and O–H groups in total. The van der Waals surface area contributed by atoms with Gasteiger partial charge in [-0.3, -0.25) is 0 Å². The van der Waals surface area contributed by atoms with Gasteiger partial charge in [-0.05, 0) is 0 Å². The zero-order chi connectivity index (χ0) is 16.1. The van der Waals surface area contributed by atoms with Crippen LogP contribution in [0, 0.1) is 0 Å². The van der Waals surface area contributed by atoms with Crippen LogP contribution in [0.2, 0.25) is 0 Å². The van der Waals surface area contributed by atoms with E-state index in [0.717, 1.165) is 0 Å². The number of sulfonamides is 2. The summed E-state index contributed by atoms with van der Waals surface area (Å²) >= 11 is 0. The largest absolute Gasteiger partial charge is 1.00 e. The summed E-state index contributed by atoms with van der Waals surface area (Å²) in [4.78, 5) is 0. The van der Waals surface area contributed by atoms with E-state index in [2.05, 4.69) is 0 Å². The molecule has 8 nitrogen and oxygen atoms in total. The third-order valence-electron chi connectivity index (χ3n) is 1.16. The molecule has 0 fully saturated rings. The maximum Gasteiger partial charge on any atom is 1.00 e. The Kier molecular flexibility index (Phi) is 6.25. The normalized spacial score (nSPS) is 15.0. The van der Waals surface area contributed by atoms with Crippen LogP contribution in [0.25, 0.3) is 0 Å². The van der Waals surface area contributed by atoms with Gasteiger partial charge in [-0.25, -0.2) is 25.3 Å². The number of nitrogens with zero attached hydrogens (tertiary/aromatic N) is 1. The van der Waals surface area contributed by atoms with E-state index < -0.39 is 44.5 Å². The molecule has 0 aromatic carbocycles. The first kappa shape index (κ1) is 22.2. The smallest absolute Gasteiger partial charge is 0.734 e. The van der Waals surface area contributed by atoms with Crippen molar-refractivity contribution < 1.29 is 75.0 Å². The molecule has 0 saturated heterocycles. The number of hydrogen-bond donors (Lipinski definition) is 0. The molecule has 0 atom stereocenters. The fourth-order valence-electron chi connectivity index (χ4n) is 0.539. The zero-order valence-electron chi connectivity index (χ0n) is 8.80. The van der Waals surface area contributed by atoms with Crippen molar-refractivity contribution >= 4 is 30.4 Å². The molecule has 0 rings (SSSR count). The summed E-state index contributed by atoms with van der Waals surface area (Å²) in [6.07, 6.45) is 0. The molecular weight excluding hydrogens is 367 g/mol. The van der Waals surface area contributed by atoms with Crippen LogP contribution in [-0.4, -0.2) is 43.9 Å². The molecule has 116 valence electrons. The summed E-state index contributed by atoms with van der Waals surface area (Å²) in [6, 6.07) is 0. The van der Waals surface area contributed by atoms with Gasteiger partial charge in [0, 0.05) is 3.12 Å². The summed E-state index contributed by atoms with van der Waals surface area (Å²) in [6.45, 7) is 0. The second-order valence-electron chi connectivity index (χ2n) is 2.49. The molecular formula is C2F6LiNO7S3. The van der Waals surface area contributed by atoms with E-state index in [0.29, 0.717) is 0 Å². The standard InChI is InChI=1S/C2HF6NO7S3.Li/c3-1(4,5)17(10,11)9(19(14,15)16)18(12,13)2(6,7)8;/h(H,14,15,16);/q;+1/p-1. The van der Waals surface area contributed by atoms with E-state index >= 15 is 0 Å². The Morgan fingerprint density at radius 1 is 0.700 bits per heavy atom. The maximum absolute atomic E-state index is 11.9. The third kappa shape index (κ3) is 3.99. The van der Waals surface area contributed by atoms with Crippen molar-refractivity contribution in [3.05, 3.63) is 0 Å². The van der Waals surface area contributed by atoms with Crippen molar-refractivity contribution in [3.8, 4) is 0 Å². The zero-order valence-corrected chi connectivity index (χ0v) is 11.2. The number of alkyl halides is 6. The molecule has 0 amide bonds. The minimum Gasteiger partial charge on any atom is -0.734 e. The summed E-state index contributed by atoms with van der Waals surface area (Å²) in [5.41, 5.74) is -13.5. The predicted molar refractivity (Wildman–Crippen MR) is 41.5 cm³/mol. The second-order valence-corrected chi connectivity index (χ2v) is 7.96. The van der Waals surface area contributed by atoms with Gasteiger partial charge >= 0.3 is 49.9 Å². The molecule has 0 saturated carbocycles. The third-order valence-corrected chi connectivity index (χ3v) is 6.93. The van der Waals surface area contributed by atoms with Crippen molar-refractivity contribution in [1.29, 1.82) is 0 Å². The second kappa shape index (κ2) is 5.62. The van der Waals surface area contributed by atoms with Crippen molar-refractivity contribution in [1.82, 2.24) is 3.12 Å². The molecule has 0 aliphatic heterocycles. The first-order valence-electron chi connectivity index (χ1n) is 3.26. The van der Waals surface area contributed by atoms with E-state index in [1.165, 1.54) is 0 Å². The van der Waals surface area contributed by atoms with Crippen LogP contribution in [0.3, 0.4) is 0 Å². The number of rotatable bonds is 3.